The van der Waals surface area contributed by atoms with E-state index in [2.05, 4.69) is 11.6 Å². The summed E-state index contributed by atoms with van der Waals surface area (Å²) < 4.78 is 25.9. The standard InChI is InChI=1S/C28H23FN2O6S/c1-4-11-36-27(35)25-15(3)30-28(38-25)31-22(18-7-5-6-8-19(18)29)21(24(33)26(31)34)23(32)16-9-10-20-17(13-16)12-14(2)37-20/h4-10,13-14,22,32H,1,11-12H2,2-3H3/b23-21+/t14-,22+/m0/s1. The molecule has 3 aromatic rings. The minimum atomic E-state index is -1.32. The number of ether oxygens (including phenoxy) is 2. The Bertz CT molecular complexity index is 1530. The average molecular weight is 535 g/mol. The second-order valence-corrected chi connectivity index (χ2v) is 9.92. The van der Waals surface area contributed by atoms with E-state index < -0.39 is 35.3 Å². The van der Waals surface area contributed by atoms with Crippen LogP contribution < -0.4 is 9.64 Å². The summed E-state index contributed by atoms with van der Waals surface area (Å²) in [4.78, 5) is 44.7. The molecule has 38 heavy (non-hydrogen) atoms. The number of benzene rings is 2. The number of hydrogen-bond acceptors (Lipinski definition) is 8. The number of ketones is 1. The lowest BCUT2D eigenvalue weighted by molar-refractivity contribution is -0.132. The predicted octanol–water partition coefficient (Wildman–Crippen LogP) is 4.88. The third-order valence-corrected chi connectivity index (χ3v) is 7.46. The molecule has 2 atom stereocenters. The fourth-order valence-electron chi connectivity index (χ4n) is 4.62. The van der Waals surface area contributed by atoms with Crippen LogP contribution in [0, 0.1) is 12.7 Å². The number of anilines is 1. The highest BCUT2D eigenvalue weighted by molar-refractivity contribution is 7.17. The molecule has 1 fully saturated rings. The van der Waals surface area contributed by atoms with Gasteiger partial charge in [-0.25, -0.2) is 14.2 Å². The van der Waals surface area contributed by atoms with Gasteiger partial charge in [0.15, 0.2) is 5.13 Å². The highest BCUT2D eigenvalue weighted by atomic mass is 32.1. The lowest BCUT2D eigenvalue weighted by Gasteiger charge is -2.23. The Morgan fingerprint density at radius 3 is 2.82 bits per heavy atom. The highest BCUT2D eigenvalue weighted by Crippen LogP contribution is 2.45. The highest BCUT2D eigenvalue weighted by Gasteiger charge is 2.49. The van der Waals surface area contributed by atoms with Crippen molar-refractivity contribution in [2.24, 2.45) is 0 Å². The van der Waals surface area contributed by atoms with Crippen molar-refractivity contribution in [1.82, 2.24) is 4.98 Å². The number of rotatable bonds is 6. The third kappa shape index (κ3) is 4.26. The molecule has 10 heteroatoms. The van der Waals surface area contributed by atoms with Crippen LogP contribution >= 0.6 is 11.3 Å². The first kappa shape index (κ1) is 25.3. The van der Waals surface area contributed by atoms with Crippen LogP contribution in [0.2, 0.25) is 0 Å². The molecule has 5 rings (SSSR count). The number of aryl methyl sites for hydroxylation is 1. The van der Waals surface area contributed by atoms with Gasteiger partial charge in [0.25, 0.3) is 5.78 Å². The SMILES string of the molecule is C=CCOC(=O)c1sc(N2C(=O)C(=O)/C(=C(/O)c3ccc4c(c3)C[C@H](C)O4)[C@H]2c2ccccc2F)nc1C. The first-order valence-electron chi connectivity index (χ1n) is 11.8. The third-order valence-electron chi connectivity index (χ3n) is 6.32. The van der Waals surface area contributed by atoms with Crippen LogP contribution in [0.5, 0.6) is 5.75 Å². The van der Waals surface area contributed by atoms with Crippen LogP contribution in [0.15, 0.2) is 60.7 Å². The van der Waals surface area contributed by atoms with Gasteiger partial charge in [-0.15, -0.1) is 0 Å². The molecule has 2 aliphatic heterocycles. The summed E-state index contributed by atoms with van der Waals surface area (Å²) in [5.74, 6) is -3.11. The molecule has 8 nitrogen and oxygen atoms in total. The van der Waals surface area contributed by atoms with E-state index in [0.29, 0.717) is 17.7 Å². The van der Waals surface area contributed by atoms with Crippen molar-refractivity contribution >= 4 is 39.9 Å². The topological polar surface area (TPSA) is 106 Å². The molecule has 1 N–H and O–H groups in total. The van der Waals surface area contributed by atoms with Crippen LogP contribution in [0.25, 0.3) is 5.76 Å². The van der Waals surface area contributed by atoms with Crippen molar-refractivity contribution < 1.29 is 33.4 Å². The van der Waals surface area contributed by atoms with Crippen molar-refractivity contribution in [1.29, 1.82) is 0 Å². The molecule has 1 aromatic heterocycles. The van der Waals surface area contributed by atoms with Gasteiger partial charge in [0, 0.05) is 17.5 Å². The fraction of sp³-hybridized carbons (Fsp3) is 0.214. The molecule has 0 radical (unpaired) electrons. The summed E-state index contributed by atoms with van der Waals surface area (Å²) in [6, 6.07) is 9.33. The summed E-state index contributed by atoms with van der Waals surface area (Å²) in [6.07, 6.45) is 1.99. The van der Waals surface area contributed by atoms with Crippen LogP contribution in [0.3, 0.4) is 0 Å². The number of carbonyl (C=O) groups excluding carboxylic acids is 3. The van der Waals surface area contributed by atoms with Crippen molar-refractivity contribution in [3.05, 3.63) is 93.8 Å². The summed E-state index contributed by atoms with van der Waals surface area (Å²) in [7, 11) is 0. The molecular formula is C28H23FN2O6S. The number of aromatic nitrogens is 1. The van der Waals surface area contributed by atoms with Crippen LogP contribution in [0.4, 0.5) is 9.52 Å². The summed E-state index contributed by atoms with van der Waals surface area (Å²) in [6.45, 7) is 6.97. The predicted molar refractivity (Wildman–Crippen MR) is 139 cm³/mol. The first-order valence-corrected chi connectivity index (χ1v) is 12.6. The number of nitrogens with zero attached hydrogens (tertiary/aromatic N) is 2. The Morgan fingerprint density at radius 2 is 2.08 bits per heavy atom. The van der Waals surface area contributed by atoms with Gasteiger partial charge in [-0.05, 0) is 43.7 Å². The number of thiazole rings is 1. The average Bonchev–Trinajstić information content (AvgIpc) is 3.54. The maximum absolute atomic E-state index is 15.1. The number of halogens is 1. The maximum Gasteiger partial charge on any atom is 0.350 e. The number of amides is 1. The zero-order valence-corrected chi connectivity index (χ0v) is 21.4. The lowest BCUT2D eigenvalue weighted by Crippen LogP contribution is -2.29. The molecule has 2 aromatic carbocycles. The molecule has 0 bridgehead atoms. The van der Waals surface area contributed by atoms with Crippen molar-refractivity contribution in [2.75, 3.05) is 11.5 Å². The van der Waals surface area contributed by atoms with E-state index in [1.165, 1.54) is 24.3 Å². The minimum Gasteiger partial charge on any atom is -0.507 e. The molecule has 194 valence electrons. The molecule has 3 heterocycles. The Kier molecular flexibility index (Phi) is 6.58. The zero-order valence-electron chi connectivity index (χ0n) is 20.6. The van der Waals surface area contributed by atoms with E-state index in [-0.39, 0.29) is 39.6 Å². The van der Waals surface area contributed by atoms with Crippen LogP contribution in [-0.2, 0) is 20.7 Å². The molecule has 0 unspecified atom stereocenters. The van der Waals surface area contributed by atoms with Crippen molar-refractivity contribution in [3.8, 4) is 5.75 Å². The minimum absolute atomic E-state index is 0.00126. The van der Waals surface area contributed by atoms with Gasteiger partial charge in [0.05, 0.1) is 11.3 Å². The van der Waals surface area contributed by atoms with Crippen molar-refractivity contribution in [3.63, 3.8) is 0 Å². The number of fused-ring (bicyclic) bond motifs is 1. The van der Waals surface area contributed by atoms with Gasteiger partial charge in [0.2, 0.25) is 0 Å². The number of carbonyl (C=O) groups is 3. The number of Topliss-reactive ketones (excluding diaryl/α,β-unsaturated/α-hetero) is 1. The van der Waals surface area contributed by atoms with Gasteiger partial charge < -0.3 is 14.6 Å². The summed E-state index contributed by atoms with van der Waals surface area (Å²) in [5, 5.41) is 11.4. The Balaban J connectivity index is 1.66. The smallest absolute Gasteiger partial charge is 0.350 e. The van der Waals surface area contributed by atoms with E-state index in [4.69, 9.17) is 9.47 Å². The number of hydrogen-bond donors (Lipinski definition) is 1. The quantitative estimate of drug-likeness (QED) is 0.158. The fourth-order valence-corrected chi connectivity index (χ4v) is 5.61. The van der Waals surface area contributed by atoms with E-state index >= 15 is 4.39 Å². The Labute approximate surface area is 221 Å². The van der Waals surface area contributed by atoms with Gasteiger partial charge in [-0.3, -0.25) is 14.5 Å². The van der Waals surface area contributed by atoms with Gasteiger partial charge >= 0.3 is 11.9 Å². The molecular weight excluding hydrogens is 511 g/mol. The first-order chi connectivity index (χ1) is 18.2. The van der Waals surface area contributed by atoms with E-state index in [1.54, 1.807) is 31.2 Å². The summed E-state index contributed by atoms with van der Waals surface area (Å²) >= 11 is 0.841. The monoisotopic (exact) mass is 534 g/mol. The molecule has 1 saturated heterocycles. The lowest BCUT2D eigenvalue weighted by atomic mass is 9.94. The zero-order chi connectivity index (χ0) is 27.1. The number of aliphatic hydroxyl groups excluding tert-OH is 1. The summed E-state index contributed by atoms with van der Waals surface area (Å²) in [5.41, 5.74) is 1.13. The largest absolute Gasteiger partial charge is 0.507 e. The van der Waals surface area contributed by atoms with Crippen LogP contribution in [-0.4, -0.2) is 40.5 Å². The second kappa shape index (κ2) is 9.86. The van der Waals surface area contributed by atoms with E-state index in [0.717, 1.165) is 21.8 Å². The van der Waals surface area contributed by atoms with Gasteiger partial charge in [0.1, 0.15) is 41.0 Å². The van der Waals surface area contributed by atoms with E-state index in [1.807, 2.05) is 6.92 Å². The van der Waals surface area contributed by atoms with Gasteiger partial charge in [-0.1, -0.05) is 42.2 Å². The Morgan fingerprint density at radius 1 is 1.32 bits per heavy atom. The van der Waals surface area contributed by atoms with E-state index in [9.17, 15) is 19.5 Å². The molecule has 1 amide bonds. The maximum atomic E-state index is 15.1. The number of aliphatic hydroxyl groups is 1. The molecule has 0 saturated carbocycles. The molecule has 0 aliphatic carbocycles. The number of esters is 1. The molecule has 2 aliphatic rings. The van der Waals surface area contributed by atoms with Crippen molar-refractivity contribution in [2.45, 2.75) is 32.4 Å². The molecule has 0 spiro atoms. The second-order valence-electron chi connectivity index (χ2n) is 8.94. The van der Waals surface area contributed by atoms with Gasteiger partial charge in [-0.2, -0.15) is 0 Å². The normalized spacial score (nSPS) is 19.8. The Hall–Kier alpha value is -4.31. The van der Waals surface area contributed by atoms with Crippen LogP contribution in [0.1, 0.15) is 45.0 Å².